The Kier molecular flexibility index (Phi) is 3.66. The summed E-state index contributed by atoms with van der Waals surface area (Å²) in [5, 5.41) is 0.844. The number of benzene rings is 1. The van der Waals surface area contributed by atoms with Gasteiger partial charge in [0.1, 0.15) is 5.82 Å². The monoisotopic (exact) mass is 321 g/mol. The van der Waals surface area contributed by atoms with E-state index < -0.39 is 0 Å². The Morgan fingerprint density at radius 3 is 2.95 bits per heavy atom. The largest absolute Gasteiger partial charge is 0.373 e. The van der Waals surface area contributed by atoms with Crippen molar-refractivity contribution < 1.29 is 4.74 Å². The molecule has 0 N–H and O–H groups in total. The number of hydrogen-bond donors (Lipinski definition) is 0. The highest BCUT2D eigenvalue weighted by molar-refractivity contribution is 9.09. The Bertz CT molecular complexity index is 577. The minimum absolute atomic E-state index is 0.212. The Morgan fingerprint density at radius 2 is 2.16 bits per heavy atom. The number of fused-ring (bicyclic) bond motifs is 1. The summed E-state index contributed by atoms with van der Waals surface area (Å²) in [7, 11) is 0. The molecule has 0 amide bonds. The summed E-state index contributed by atoms with van der Waals surface area (Å²) < 4.78 is 5.74. The smallest absolute Gasteiger partial charge is 0.148 e. The van der Waals surface area contributed by atoms with Gasteiger partial charge < -0.3 is 9.64 Å². The number of halogens is 1. The molecular weight excluding hydrogens is 306 g/mol. The van der Waals surface area contributed by atoms with Crippen molar-refractivity contribution in [1.82, 2.24) is 9.97 Å². The van der Waals surface area contributed by atoms with E-state index >= 15 is 0 Å². The van der Waals surface area contributed by atoms with Crippen molar-refractivity contribution >= 4 is 32.8 Å². The number of ether oxygens (including phenoxy) is 1. The zero-order chi connectivity index (χ0) is 13.2. The maximum absolute atomic E-state index is 5.74. The zero-order valence-corrected chi connectivity index (χ0v) is 12.4. The summed E-state index contributed by atoms with van der Waals surface area (Å²) >= 11 is 3.48. The van der Waals surface area contributed by atoms with Crippen LogP contribution in [0.15, 0.2) is 30.5 Å². The van der Waals surface area contributed by atoms with E-state index in [0.717, 1.165) is 35.3 Å². The summed E-state index contributed by atoms with van der Waals surface area (Å²) in [6.45, 7) is 3.73. The molecule has 3 rings (SSSR count). The van der Waals surface area contributed by atoms with Crippen LogP contribution in [0.4, 0.5) is 5.82 Å². The van der Waals surface area contributed by atoms with Crippen LogP contribution in [0.3, 0.4) is 0 Å². The molecule has 2 atom stereocenters. The molecule has 1 aliphatic heterocycles. The first-order valence-electron chi connectivity index (χ1n) is 6.44. The van der Waals surface area contributed by atoms with Crippen molar-refractivity contribution in [2.24, 2.45) is 0 Å². The van der Waals surface area contributed by atoms with Gasteiger partial charge in [-0.25, -0.2) is 4.98 Å². The Hall–Kier alpha value is -1.20. The van der Waals surface area contributed by atoms with Crippen LogP contribution in [-0.4, -0.2) is 40.6 Å². The van der Waals surface area contributed by atoms with Crippen LogP contribution in [0.5, 0.6) is 0 Å². The number of morpholine rings is 1. The zero-order valence-electron chi connectivity index (χ0n) is 10.8. The molecule has 1 saturated heterocycles. The lowest BCUT2D eigenvalue weighted by Crippen LogP contribution is -2.49. The second kappa shape index (κ2) is 5.43. The second-order valence-corrected chi connectivity index (χ2v) is 5.48. The average molecular weight is 322 g/mol. The third-order valence-electron chi connectivity index (χ3n) is 3.41. The molecule has 1 aromatic heterocycles. The lowest BCUT2D eigenvalue weighted by Gasteiger charge is -2.38. The van der Waals surface area contributed by atoms with E-state index in [2.05, 4.69) is 32.7 Å². The predicted molar refractivity (Wildman–Crippen MR) is 79.9 cm³/mol. The van der Waals surface area contributed by atoms with Crippen LogP contribution in [0.1, 0.15) is 6.92 Å². The van der Waals surface area contributed by atoms with Crippen molar-refractivity contribution in [2.45, 2.75) is 19.1 Å². The van der Waals surface area contributed by atoms with Gasteiger partial charge in [-0.1, -0.05) is 28.1 Å². The van der Waals surface area contributed by atoms with Gasteiger partial charge in [0, 0.05) is 11.9 Å². The van der Waals surface area contributed by atoms with E-state index in [0.29, 0.717) is 6.04 Å². The lowest BCUT2D eigenvalue weighted by atomic mass is 10.2. The van der Waals surface area contributed by atoms with Crippen LogP contribution >= 0.6 is 15.9 Å². The van der Waals surface area contributed by atoms with Gasteiger partial charge in [0.15, 0.2) is 0 Å². The molecule has 100 valence electrons. The molecule has 0 radical (unpaired) electrons. The summed E-state index contributed by atoms with van der Waals surface area (Å²) in [4.78, 5) is 11.5. The molecule has 2 unspecified atom stereocenters. The average Bonchev–Trinajstić information content (AvgIpc) is 2.47. The highest BCUT2D eigenvalue weighted by Gasteiger charge is 2.26. The van der Waals surface area contributed by atoms with E-state index in [1.165, 1.54) is 0 Å². The first-order chi connectivity index (χ1) is 9.28. The van der Waals surface area contributed by atoms with Gasteiger partial charge in [-0.05, 0) is 19.1 Å². The number of rotatable bonds is 2. The molecule has 5 heteroatoms. The fourth-order valence-corrected chi connectivity index (χ4v) is 2.71. The minimum Gasteiger partial charge on any atom is -0.373 e. The molecule has 0 aliphatic carbocycles. The van der Waals surface area contributed by atoms with Crippen molar-refractivity contribution in [3.05, 3.63) is 30.5 Å². The number of anilines is 1. The standard InChI is InChI=1S/C14H16BrN3O/c1-10-9-19-11(6-15)8-18(10)14-7-16-12-4-2-3-5-13(12)17-14/h2-5,7,10-11H,6,8-9H2,1H3. The van der Waals surface area contributed by atoms with Gasteiger partial charge in [-0.2, -0.15) is 0 Å². The molecular formula is C14H16BrN3O. The summed E-state index contributed by atoms with van der Waals surface area (Å²) in [5.74, 6) is 0.931. The molecule has 1 aromatic carbocycles. The third kappa shape index (κ3) is 2.58. The number of alkyl halides is 1. The fourth-order valence-electron chi connectivity index (χ4n) is 2.32. The number of nitrogens with zero attached hydrogens (tertiary/aromatic N) is 3. The Labute approximate surface area is 120 Å². The van der Waals surface area contributed by atoms with Crippen LogP contribution < -0.4 is 4.90 Å². The normalized spacial score (nSPS) is 23.8. The maximum atomic E-state index is 5.74. The highest BCUT2D eigenvalue weighted by atomic mass is 79.9. The fraction of sp³-hybridized carbons (Fsp3) is 0.429. The SMILES string of the molecule is CC1COC(CBr)CN1c1cnc2ccccc2n1. The van der Waals surface area contributed by atoms with Crippen LogP contribution in [0, 0.1) is 0 Å². The molecule has 0 saturated carbocycles. The molecule has 1 aliphatic rings. The van der Waals surface area contributed by atoms with Gasteiger partial charge in [0.2, 0.25) is 0 Å². The van der Waals surface area contributed by atoms with Gasteiger partial charge in [0.25, 0.3) is 0 Å². The van der Waals surface area contributed by atoms with Gasteiger partial charge in [-0.15, -0.1) is 0 Å². The van der Waals surface area contributed by atoms with Crippen LogP contribution in [0.25, 0.3) is 11.0 Å². The van der Waals surface area contributed by atoms with Crippen LogP contribution in [-0.2, 0) is 4.74 Å². The summed E-state index contributed by atoms with van der Waals surface area (Å²) in [6.07, 6.45) is 2.07. The Morgan fingerprint density at radius 1 is 1.37 bits per heavy atom. The maximum Gasteiger partial charge on any atom is 0.148 e. The van der Waals surface area contributed by atoms with Crippen molar-refractivity contribution in [3.8, 4) is 0 Å². The van der Waals surface area contributed by atoms with Gasteiger partial charge in [-0.3, -0.25) is 4.98 Å². The number of para-hydroxylation sites is 2. The quantitative estimate of drug-likeness (QED) is 0.797. The van der Waals surface area contributed by atoms with E-state index in [-0.39, 0.29) is 6.10 Å². The van der Waals surface area contributed by atoms with Crippen LogP contribution in [0.2, 0.25) is 0 Å². The van der Waals surface area contributed by atoms with E-state index in [1.807, 2.05) is 30.5 Å². The molecule has 4 nitrogen and oxygen atoms in total. The molecule has 0 spiro atoms. The number of aromatic nitrogens is 2. The molecule has 2 aromatic rings. The van der Waals surface area contributed by atoms with E-state index in [4.69, 9.17) is 9.72 Å². The lowest BCUT2D eigenvalue weighted by molar-refractivity contribution is 0.0376. The van der Waals surface area contributed by atoms with Crippen molar-refractivity contribution in [1.29, 1.82) is 0 Å². The van der Waals surface area contributed by atoms with Gasteiger partial charge in [0.05, 0.1) is 36.0 Å². The summed E-state index contributed by atoms with van der Waals surface area (Å²) in [6, 6.07) is 8.28. The predicted octanol–water partition coefficient (Wildman–Crippen LogP) is 2.62. The van der Waals surface area contributed by atoms with Gasteiger partial charge >= 0.3 is 0 Å². The first-order valence-corrected chi connectivity index (χ1v) is 7.56. The van der Waals surface area contributed by atoms with E-state index in [9.17, 15) is 0 Å². The minimum atomic E-state index is 0.212. The first kappa shape index (κ1) is 12.8. The molecule has 19 heavy (non-hydrogen) atoms. The molecule has 2 heterocycles. The molecule has 1 fully saturated rings. The topological polar surface area (TPSA) is 38.2 Å². The Balaban J connectivity index is 1.93. The van der Waals surface area contributed by atoms with E-state index in [1.54, 1.807) is 0 Å². The molecule has 0 bridgehead atoms. The third-order valence-corrected chi connectivity index (χ3v) is 4.13. The van der Waals surface area contributed by atoms with Crippen molar-refractivity contribution in [3.63, 3.8) is 0 Å². The summed E-state index contributed by atoms with van der Waals surface area (Å²) in [5.41, 5.74) is 1.87. The van der Waals surface area contributed by atoms with Crippen molar-refractivity contribution in [2.75, 3.05) is 23.4 Å². The second-order valence-electron chi connectivity index (χ2n) is 4.83. The highest BCUT2D eigenvalue weighted by Crippen LogP contribution is 2.21. The number of hydrogen-bond acceptors (Lipinski definition) is 4.